The van der Waals surface area contributed by atoms with Crippen LogP contribution < -0.4 is 0 Å². The Morgan fingerprint density at radius 3 is 1.60 bits per heavy atom. The van der Waals surface area contributed by atoms with Gasteiger partial charge in [-0.15, -0.1) is 19.3 Å². The van der Waals surface area contributed by atoms with Crippen molar-refractivity contribution in [1.82, 2.24) is 0 Å². The van der Waals surface area contributed by atoms with E-state index in [1.165, 1.54) is 0 Å². The summed E-state index contributed by atoms with van der Waals surface area (Å²) in [6, 6.07) is 0. The quantitative estimate of drug-likeness (QED) is 0.453. The van der Waals surface area contributed by atoms with Gasteiger partial charge in [0, 0.05) is 0 Å². The molecule has 0 rings (SSSR count). The monoisotopic (exact) mass is 130 g/mol. The first-order chi connectivity index (χ1) is 4.83. The van der Waals surface area contributed by atoms with Crippen LogP contribution in [0.4, 0.5) is 0 Å². The molecule has 0 aliphatic heterocycles. The number of terminal acetylenes is 3. The molecule has 0 aliphatic carbocycles. The summed E-state index contributed by atoms with van der Waals surface area (Å²) in [6.45, 7) is -0.149. The van der Waals surface area contributed by atoms with Crippen LogP contribution in [0.15, 0.2) is 0 Å². The van der Waals surface area contributed by atoms with Crippen molar-refractivity contribution in [2.24, 2.45) is 0 Å². The standard InChI is InChI=1S/C5H4O.C4H2/c1-2-3-4-5-6;1-3-4-2/h1,6H,5H2;1-2H. The fourth-order valence-corrected chi connectivity index (χ4v) is 0.0906. The third-order valence-electron chi connectivity index (χ3n) is 0.323. The van der Waals surface area contributed by atoms with Gasteiger partial charge in [0.1, 0.15) is 6.61 Å². The molecule has 0 saturated heterocycles. The Kier molecular flexibility index (Phi) is 17.4. The van der Waals surface area contributed by atoms with E-state index < -0.39 is 0 Å². The van der Waals surface area contributed by atoms with E-state index in [-0.39, 0.29) is 6.61 Å². The Morgan fingerprint density at radius 2 is 1.50 bits per heavy atom. The van der Waals surface area contributed by atoms with Crippen molar-refractivity contribution < 1.29 is 5.11 Å². The second-order valence-electron chi connectivity index (χ2n) is 0.893. The van der Waals surface area contributed by atoms with E-state index in [0.29, 0.717) is 0 Å². The maximum absolute atomic E-state index is 7.93. The highest BCUT2D eigenvalue weighted by atomic mass is 16.2. The molecule has 0 spiro atoms. The van der Waals surface area contributed by atoms with Gasteiger partial charge in [-0.1, -0.05) is 5.92 Å². The molecule has 0 aliphatic rings. The zero-order valence-electron chi connectivity index (χ0n) is 5.39. The summed E-state index contributed by atoms with van der Waals surface area (Å²) < 4.78 is 0. The van der Waals surface area contributed by atoms with Crippen LogP contribution in [0.25, 0.3) is 0 Å². The highest BCUT2D eigenvalue weighted by Gasteiger charge is 1.51. The first kappa shape index (κ1) is 11.1. The fourth-order valence-electron chi connectivity index (χ4n) is 0.0906. The van der Waals surface area contributed by atoms with Crippen molar-refractivity contribution in [3.63, 3.8) is 0 Å². The number of rotatable bonds is 0. The van der Waals surface area contributed by atoms with Gasteiger partial charge in [-0.3, -0.25) is 0 Å². The van der Waals surface area contributed by atoms with Crippen LogP contribution in [-0.4, -0.2) is 11.7 Å². The fraction of sp³-hybridized carbons (Fsp3) is 0.111. The van der Waals surface area contributed by atoms with Gasteiger partial charge in [-0.25, -0.2) is 0 Å². The minimum absolute atomic E-state index is 0.149. The second-order valence-corrected chi connectivity index (χ2v) is 0.893. The highest BCUT2D eigenvalue weighted by Crippen LogP contribution is 1.46. The number of aliphatic hydroxyl groups excluding tert-OH is 1. The molecule has 0 radical (unpaired) electrons. The number of aliphatic hydroxyl groups is 1. The molecule has 0 heterocycles. The van der Waals surface area contributed by atoms with Crippen LogP contribution in [-0.2, 0) is 0 Å². The highest BCUT2D eigenvalue weighted by molar-refractivity contribution is 5.21. The van der Waals surface area contributed by atoms with E-state index in [2.05, 4.69) is 31.1 Å². The summed E-state index contributed by atoms with van der Waals surface area (Å²) in [7, 11) is 0. The maximum Gasteiger partial charge on any atom is 0.105 e. The molecule has 0 aromatic heterocycles. The van der Waals surface area contributed by atoms with Gasteiger partial charge in [0.15, 0.2) is 0 Å². The summed E-state index contributed by atoms with van der Waals surface area (Å²) in [5, 5.41) is 7.93. The maximum atomic E-state index is 7.93. The van der Waals surface area contributed by atoms with Crippen molar-refractivity contribution in [3.05, 3.63) is 0 Å². The largest absolute Gasteiger partial charge is 0.384 e. The normalized spacial score (nSPS) is 3.80. The van der Waals surface area contributed by atoms with Crippen molar-refractivity contribution in [2.45, 2.75) is 0 Å². The molecule has 0 amide bonds. The number of hydrogen-bond donors (Lipinski definition) is 1. The zero-order chi connectivity index (χ0) is 8.24. The van der Waals surface area contributed by atoms with Crippen molar-refractivity contribution >= 4 is 0 Å². The summed E-state index contributed by atoms with van der Waals surface area (Å²) in [5.41, 5.74) is 0. The molecule has 48 valence electrons. The van der Waals surface area contributed by atoms with Crippen molar-refractivity contribution in [1.29, 1.82) is 0 Å². The van der Waals surface area contributed by atoms with Crippen LogP contribution in [0.3, 0.4) is 0 Å². The molecule has 0 saturated carbocycles. The molecule has 1 heteroatoms. The molecule has 0 aromatic carbocycles. The van der Waals surface area contributed by atoms with E-state index >= 15 is 0 Å². The third-order valence-corrected chi connectivity index (χ3v) is 0.323. The first-order valence-electron chi connectivity index (χ1n) is 2.29. The molecular formula is C9H6O. The molecule has 10 heavy (non-hydrogen) atoms. The van der Waals surface area contributed by atoms with Crippen molar-refractivity contribution in [3.8, 4) is 48.9 Å². The molecule has 0 atom stereocenters. The predicted octanol–water partition coefficient (Wildman–Crippen LogP) is -0.132. The van der Waals surface area contributed by atoms with E-state index in [0.717, 1.165) is 0 Å². The Balaban J connectivity index is 0. The molecule has 1 nitrogen and oxygen atoms in total. The minimum atomic E-state index is -0.149. The van der Waals surface area contributed by atoms with Gasteiger partial charge in [0.25, 0.3) is 0 Å². The second kappa shape index (κ2) is 15.7. The smallest absolute Gasteiger partial charge is 0.105 e. The first-order valence-corrected chi connectivity index (χ1v) is 2.29. The van der Waals surface area contributed by atoms with Crippen LogP contribution in [0, 0.1) is 48.9 Å². The van der Waals surface area contributed by atoms with E-state index in [4.69, 9.17) is 5.11 Å². The average molecular weight is 130 g/mol. The Morgan fingerprint density at radius 1 is 1.00 bits per heavy atom. The van der Waals surface area contributed by atoms with Gasteiger partial charge in [-0.05, 0) is 23.7 Å². The van der Waals surface area contributed by atoms with Crippen molar-refractivity contribution in [2.75, 3.05) is 6.61 Å². The van der Waals surface area contributed by atoms with Gasteiger partial charge >= 0.3 is 0 Å². The Bertz CT molecular complexity index is 219. The minimum Gasteiger partial charge on any atom is -0.384 e. The van der Waals surface area contributed by atoms with Gasteiger partial charge in [-0.2, -0.15) is 0 Å². The predicted molar refractivity (Wildman–Crippen MR) is 41.4 cm³/mol. The third kappa shape index (κ3) is 34.6. The Hall–Kier alpha value is -1.80. The summed E-state index contributed by atoms with van der Waals surface area (Å²) in [6.07, 6.45) is 13.8. The molecule has 0 fully saturated rings. The van der Waals surface area contributed by atoms with E-state index in [1.54, 1.807) is 0 Å². The Labute approximate surface area is 61.5 Å². The molecule has 1 N–H and O–H groups in total. The zero-order valence-corrected chi connectivity index (χ0v) is 5.39. The SMILES string of the molecule is C#CC#C.C#CC#CCO. The van der Waals surface area contributed by atoms with Crippen LogP contribution in [0.5, 0.6) is 0 Å². The van der Waals surface area contributed by atoms with Crippen LogP contribution >= 0.6 is 0 Å². The summed E-state index contributed by atoms with van der Waals surface area (Å²) in [5.74, 6) is 10.5. The molecule has 0 bridgehead atoms. The average Bonchev–Trinajstić information content (AvgIpc) is 2.01. The van der Waals surface area contributed by atoms with Crippen LogP contribution in [0.1, 0.15) is 0 Å². The lowest BCUT2D eigenvalue weighted by Crippen LogP contribution is -1.67. The van der Waals surface area contributed by atoms with Gasteiger partial charge in [0.2, 0.25) is 0 Å². The summed E-state index contributed by atoms with van der Waals surface area (Å²) in [4.78, 5) is 0. The topological polar surface area (TPSA) is 20.2 Å². The van der Waals surface area contributed by atoms with Gasteiger partial charge in [0.05, 0.1) is 0 Å². The molecular weight excluding hydrogens is 124 g/mol. The van der Waals surface area contributed by atoms with Crippen LogP contribution in [0.2, 0.25) is 0 Å². The van der Waals surface area contributed by atoms with Gasteiger partial charge < -0.3 is 5.11 Å². The number of hydrogen-bond acceptors (Lipinski definition) is 1. The molecule has 0 unspecified atom stereocenters. The van der Waals surface area contributed by atoms with E-state index in [9.17, 15) is 0 Å². The lowest BCUT2D eigenvalue weighted by Gasteiger charge is -1.60. The lowest BCUT2D eigenvalue weighted by atomic mass is 10.6. The molecule has 0 aromatic rings. The lowest BCUT2D eigenvalue weighted by molar-refractivity contribution is 0.350. The summed E-state index contributed by atoms with van der Waals surface area (Å²) >= 11 is 0. The van der Waals surface area contributed by atoms with E-state index in [1.807, 2.05) is 17.8 Å².